The molecular formula is C16H21F3N2. The first-order chi connectivity index (χ1) is 9.93. The maximum absolute atomic E-state index is 12.5. The quantitative estimate of drug-likeness (QED) is 0.897. The van der Waals surface area contributed by atoms with E-state index in [-0.39, 0.29) is 0 Å². The summed E-state index contributed by atoms with van der Waals surface area (Å²) in [6, 6.07) is 6.88. The predicted octanol–water partition coefficient (Wildman–Crippen LogP) is 3.42. The van der Waals surface area contributed by atoms with Gasteiger partial charge in [0.25, 0.3) is 0 Å². The van der Waals surface area contributed by atoms with E-state index in [0.29, 0.717) is 24.0 Å². The number of benzene rings is 1. The highest BCUT2D eigenvalue weighted by molar-refractivity contribution is 5.32. The summed E-state index contributed by atoms with van der Waals surface area (Å²) >= 11 is 0. The summed E-state index contributed by atoms with van der Waals surface area (Å²) in [6.45, 7) is 0. The van der Waals surface area contributed by atoms with Gasteiger partial charge in [-0.25, -0.2) is 0 Å². The zero-order chi connectivity index (χ0) is 15.0. The van der Waals surface area contributed by atoms with Crippen molar-refractivity contribution in [3.63, 3.8) is 0 Å². The fourth-order valence-electron chi connectivity index (χ4n) is 3.26. The molecule has 5 heteroatoms. The number of hydrogen-bond acceptors (Lipinski definition) is 2. The van der Waals surface area contributed by atoms with Crippen LogP contribution < -0.4 is 11.1 Å². The van der Waals surface area contributed by atoms with Crippen LogP contribution in [0.25, 0.3) is 0 Å². The Labute approximate surface area is 122 Å². The molecule has 2 fully saturated rings. The van der Waals surface area contributed by atoms with Gasteiger partial charge in [0.15, 0.2) is 0 Å². The molecule has 0 aliphatic heterocycles. The molecule has 3 rings (SSSR count). The molecule has 2 saturated carbocycles. The van der Waals surface area contributed by atoms with Gasteiger partial charge in [-0.1, -0.05) is 12.1 Å². The van der Waals surface area contributed by atoms with Gasteiger partial charge in [-0.2, -0.15) is 13.2 Å². The van der Waals surface area contributed by atoms with E-state index in [2.05, 4.69) is 5.32 Å². The van der Waals surface area contributed by atoms with E-state index in [1.807, 2.05) is 0 Å². The predicted molar refractivity (Wildman–Crippen MR) is 76.0 cm³/mol. The van der Waals surface area contributed by atoms with Gasteiger partial charge in [0.05, 0.1) is 5.56 Å². The van der Waals surface area contributed by atoms with Crippen molar-refractivity contribution in [2.24, 2.45) is 5.73 Å². The van der Waals surface area contributed by atoms with Crippen molar-refractivity contribution < 1.29 is 13.2 Å². The van der Waals surface area contributed by atoms with Gasteiger partial charge in [-0.3, -0.25) is 0 Å². The maximum atomic E-state index is 12.5. The maximum Gasteiger partial charge on any atom is 0.416 e. The second-order valence-corrected chi connectivity index (χ2v) is 6.35. The lowest BCUT2D eigenvalue weighted by Crippen LogP contribution is -2.38. The van der Waals surface area contributed by atoms with Crippen LogP contribution in [0.3, 0.4) is 0 Å². The Balaban J connectivity index is 1.53. The van der Waals surface area contributed by atoms with E-state index in [1.54, 1.807) is 12.1 Å². The molecule has 2 atom stereocenters. The average Bonchev–Trinajstić information content (AvgIpc) is 3.20. The van der Waals surface area contributed by atoms with E-state index in [4.69, 9.17) is 5.73 Å². The molecule has 0 saturated heterocycles. The Bertz CT molecular complexity index is 475. The third-order valence-electron chi connectivity index (χ3n) is 4.68. The molecule has 0 bridgehead atoms. The van der Waals surface area contributed by atoms with E-state index >= 15 is 0 Å². The first-order valence-electron chi connectivity index (χ1n) is 7.62. The summed E-state index contributed by atoms with van der Waals surface area (Å²) in [7, 11) is 0. The summed E-state index contributed by atoms with van der Waals surface area (Å²) in [6.07, 6.45) is 1.12. The number of hydrogen-bond donors (Lipinski definition) is 2. The van der Waals surface area contributed by atoms with E-state index in [0.717, 1.165) is 37.7 Å². The summed E-state index contributed by atoms with van der Waals surface area (Å²) in [4.78, 5) is 0. The summed E-state index contributed by atoms with van der Waals surface area (Å²) in [5.41, 5.74) is 6.33. The van der Waals surface area contributed by atoms with Crippen LogP contribution in [-0.2, 0) is 6.18 Å². The molecule has 0 spiro atoms. The Kier molecular flexibility index (Phi) is 3.97. The summed E-state index contributed by atoms with van der Waals surface area (Å²) < 4.78 is 37.6. The Morgan fingerprint density at radius 3 is 2.19 bits per heavy atom. The number of rotatable bonds is 3. The van der Waals surface area contributed by atoms with Gasteiger partial charge in [0.1, 0.15) is 0 Å². The van der Waals surface area contributed by atoms with Gasteiger partial charge in [0, 0.05) is 24.0 Å². The smallest absolute Gasteiger partial charge is 0.328 e. The molecule has 21 heavy (non-hydrogen) atoms. The second kappa shape index (κ2) is 5.61. The van der Waals surface area contributed by atoms with Crippen molar-refractivity contribution in [1.82, 2.24) is 5.32 Å². The molecular weight excluding hydrogens is 277 g/mol. The molecule has 3 N–H and O–H groups in total. The van der Waals surface area contributed by atoms with Crippen LogP contribution in [0.5, 0.6) is 0 Å². The van der Waals surface area contributed by atoms with Gasteiger partial charge in [0.2, 0.25) is 0 Å². The Hall–Kier alpha value is -1.07. The van der Waals surface area contributed by atoms with Crippen LogP contribution in [0, 0.1) is 0 Å². The van der Waals surface area contributed by atoms with Gasteiger partial charge < -0.3 is 11.1 Å². The lowest BCUT2D eigenvalue weighted by molar-refractivity contribution is -0.137. The molecule has 116 valence electrons. The molecule has 2 aliphatic rings. The van der Waals surface area contributed by atoms with Crippen molar-refractivity contribution in [2.75, 3.05) is 0 Å². The lowest BCUT2D eigenvalue weighted by atomic mass is 9.92. The average molecular weight is 298 g/mol. The van der Waals surface area contributed by atoms with E-state index in [1.165, 1.54) is 12.1 Å². The number of alkyl halides is 3. The summed E-state index contributed by atoms with van der Waals surface area (Å²) in [5.74, 6) is 0.364. The van der Waals surface area contributed by atoms with E-state index < -0.39 is 11.7 Å². The second-order valence-electron chi connectivity index (χ2n) is 6.35. The number of nitrogens with two attached hydrogens (primary N) is 1. The number of halogens is 3. The van der Waals surface area contributed by atoms with Crippen molar-refractivity contribution in [2.45, 2.75) is 62.3 Å². The molecule has 0 radical (unpaired) electrons. The first-order valence-corrected chi connectivity index (χ1v) is 7.62. The summed E-state index contributed by atoms with van der Waals surface area (Å²) in [5, 5.41) is 3.63. The molecule has 0 amide bonds. The van der Waals surface area contributed by atoms with E-state index in [9.17, 15) is 13.2 Å². The molecule has 2 nitrogen and oxygen atoms in total. The lowest BCUT2D eigenvalue weighted by Gasteiger charge is -2.27. The van der Waals surface area contributed by atoms with Crippen molar-refractivity contribution in [3.8, 4) is 0 Å². The zero-order valence-corrected chi connectivity index (χ0v) is 11.9. The normalized spacial score (nSPS) is 33.0. The van der Waals surface area contributed by atoms with Gasteiger partial charge in [-0.15, -0.1) is 0 Å². The van der Waals surface area contributed by atoms with Gasteiger partial charge in [-0.05, 0) is 49.8 Å². The van der Waals surface area contributed by atoms with Crippen LogP contribution in [-0.4, -0.2) is 18.1 Å². The largest absolute Gasteiger partial charge is 0.416 e. The van der Waals surface area contributed by atoms with Crippen LogP contribution >= 0.6 is 0 Å². The highest BCUT2D eigenvalue weighted by Gasteiger charge is 2.40. The standard InChI is InChI=1S/C16H21F3N2/c17-16(18,19)11-3-1-10(2-4-11)14-9-15(14)21-13-7-5-12(20)6-8-13/h1-4,12-15,21H,5-9,20H2. The fraction of sp³-hybridized carbons (Fsp3) is 0.625. The zero-order valence-electron chi connectivity index (χ0n) is 11.9. The minimum absolute atomic E-state index is 0.341. The third-order valence-corrected chi connectivity index (χ3v) is 4.68. The molecule has 0 heterocycles. The van der Waals surface area contributed by atoms with Crippen LogP contribution in [0.1, 0.15) is 49.1 Å². The van der Waals surface area contributed by atoms with Crippen LogP contribution in [0.15, 0.2) is 24.3 Å². The first kappa shape index (κ1) is 14.9. The minimum Gasteiger partial charge on any atom is -0.328 e. The molecule has 0 aromatic heterocycles. The highest BCUT2D eigenvalue weighted by atomic mass is 19.4. The fourth-order valence-corrected chi connectivity index (χ4v) is 3.26. The van der Waals surface area contributed by atoms with Crippen LogP contribution in [0.4, 0.5) is 13.2 Å². The molecule has 2 aliphatic carbocycles. The molecule has 2 unspecified atom stereocenters. The molecule has 1 aromatic carbocycles. The Morgan fingerprint density at radius 2 is 1.62 bits per heavy atom. The minimum atomic E-state index is -4.25. The highest BCUT2D eigenvalue weighted by Crippen LogP contribution is 2.42. The van der Waals surface area contributed by atoms with Crippen molar-refractivity contribution in [3.05, 3.63) is 35.4 Å². The van der Waals surface area contributed by atoms with Gasteiger partial charge >= 0.3 is 6.18 Å². The monoisotopic (exact) mass is 298 g/mol. The van der Waals surface area contributed by atoms with Crippen molar-refractivity contribution >= 4 is 0 Å². The topological polar surface area (TPSA) is 38.0 Å². The third kappa shape index (κ3) is 3.58. The Morgan fingerprint density at radius 1 is 1.00 bits per heavy atom. The SMILES string of the molecule is NC1CCC(NC2CC2c2ccc(C(F)(F)F)cc2)CC1. The van der Waals surface area contributed by atoms with Crippen LogP contribution in [0.2, 0.25) is 0 Å². The molecule has 1 aromatic rings. The van der Waals surface area contributed by atoms with Crippen molar-refractivity contribution in [1.29, 1.82) is 0 Å². The number of nitrogens with one attached hydrogen (secondary N) is 1.